The second-order valence-electron chi connectivity index (χ2n) is 7.60. The molecule has 0 saturated heterocycles. The predicted octanol–water partition coefficient (Wildman–Crippen LogP) is 4.11. The average molecular weight is 420 g/mol. The summed E-state index contributed by atoms with van der Waals surface area (Å²) < 4.78 is 35.3. The summed E-state index contributed by atoms with van der Waals surface area (Å²) in [5, 5.41) is 15.2. The highest BCUT2D eigenvalue weighted by Gasteiger charge is 2.09. The zero-order chi connectivity index (χ0) is 24.4. The molecule has 0 amide bonds. The van der Waals surface area contributed by atoms with Crippen LogP contribution in [0.3, 0.4) is 0 Å². The van der Waals surface area contributed by atoms with Gasteiger partial charge in [0.15, 0.2) is 0 Å². The molecule has 0 bridgehead atoms. The minimum Gasteiger partial charge on any atom is -0.508 e. The molecule has 0 fully saturated rings. The molecule has 5 heteroatoms. The molecule has 5 nitrogen and oxygen atoms in total. The van der Waals surface area contributed by atoms with Gasteiger partial charge in [-0.2, -0.15) is 0 Å². The molecule has 2 aromatic carbocycles. The Morgan fingerprint density at radius 3 is 2.60 bits per heavy atom. The van der Waals surface area contributed by atoms with Gasteiger partial charge in [-0.15, -0.1) is 0 Å². The number of aliphatic hydroxyl groups is 2. The van der Waals surface area contributed by atoms with Crippen LogP contribution < -0.4 is 5.31 Å². The standard InChI is InChI=1S/C25H37NO4/c27-20-23-18-22(13-14-24(23)28)25(29)19-26-15-7-1-2-8-16-30-17-9-6-12-21-10-4-3-5-11-21/h3-5,10-11,13-14,18,25-29H,1-2,6-9,12,15-17,19-20H2/i27D,29D/hD2. The maximum Gasteiger partial charge on any atom is 0.293 e. The normalized spacial score (nSPS) is 14.0. The third-order valence-corrected chi connectivity index (χ3v) is 5.11. The SMILES string of the molecule is [2H]OCc1cc(C(CN([2H])CCCCCCOCCCCc2ccccc2)O[2H])ccc1O[2H]. The lowest BCUT2D eigenvalue weighted by atomic mass is 10.1. The van der Waals surface area contributed by atoms with Crippen LogP contribution in [-0.2, 0) is 17.8 Å². The van der Waals surface area contributed by atoms with Gasteiger partial charge >= 0.3 is 0 Å². The minimum atomic E-state index is -0.614. The van der Waals surface area contributed by atoms with Crippen LogP contribution in [-0.4, -0.2) is 45.9 Å². The van der Waals surface area contributed by atoms with Gasteiger partial charge in [0, 0.05) is 25.3 Å². The fourth-order valence-corrected chi connectivity index (χ4v) is 3.29. The summed E-state index contributed by atoms with van der Waals surface area (Å²) in [6.07, 6.45) is 6.74. The molecule has 0 spiro atoms. The van der Waals surface area contributed by atoms with Crippen molar-refractivity contribution >= 4 is 0 Å². The summed E-state index contributed by atoms with van der Waals surface area (Å²) >= 11 is 0. The smallest absolute Gasteiger partial charge is 0.293 e. The van der Waals surface area contributed by atoms with E-state index in [0.717, 1.165) is 58.2 Å². The number of benzene rings is 2. The van der Waals surface area contributed by atoms with Crippen molar-refractivity contribution in [3.05, 3.63) is 65.2 Å². The second kappa shape index (κ2) is 15.0. The first-order valence-corrected chi connectivity index (χ1v) is 11.0. The fourth-order valence-electron chi connectivity index (χ4n) is 3.29. The van der Waals surface area contributed by atoms with Crippen molar-refractivity contribution in [2.45, 2.75) is 57.7 Å². The highest BCUT2D eigenvalue weighted by Crippen LogP contribution is 2.22. The summed E-state index contributed by atoms with van der Waals surface area (Å²) in [4.78, 5) is 0. The molecule has 0 radical (unpaired) electrons. The van der Waals surface area contributed by atoms with Crippen LogP contribution in [0, 0.1) is 0 Å². The monoisotopic (exact) mass is 419 g/mol. The highest BCUT2D eigenvalue weighted by atomic mass is 16.5. The molecular weight excluding hydrogens is 378 g/mol. The fraction of sp³-hybridized carbons (Fsp3) is 0.520. The van der Waals surface area contributed by atoms with Crippen LogP contribution >= 0.6 is 0 Å². The Labute approximate surface area is 186 Å². The van der Waals surface area contributed by atoms with Crippen LogP contribution in [0.15, 0.2) is 48.5 Å². The van der Waals surface area contributed by atoms with Gasteiger partial charge < -0.3 is 25.4 Å². The number of nitrogens with one attached hydrogen (secondary N) is 1. The van der Waals surface area contributed by atoms with E-state index in [4.69, 9.17) is 15.6 Å². The average Bonchev–Trinajstić information content (AvgIpc) is 2.86. The number of hydrogen-bond donors (Lipinski definition) is 4. The van der Waals surface area contributed by atoms with E-state index < -0.39 is 6.10 Å². The minimum absolute atomic E-state index is 0.0330. The van der Waals surface area contributed by atoms with Crippen LogP contribution in [0.5, 0.6) is 5.75 Å². The summed E-state index contributed by atoms with van der Waals surface area (Å²) in [5.74, 6) is 0.290. The number of phenols is 1. The van der Waals surface area contributed by atoms with Gasteiger partial charge in [0.05, 0.1) is 12.7 Å². The van der Waals surface area contributed by atoms with E-state index in [1.807, 2.05) is 6.07 Å². The maximum atomic E-state index is 8.18. The molecule has 1 atom stereocenters. The molecule has 0 aromatic heterocycles. The first kappa shape index (κ1) is 18.8. The third-order valence-electron chi connectivity index (χ3n) is 5.11. The molecule has 1 unspecified atom stereocenters. The Morgan fingerprint density at radius 1 is 0.967 bits per heavy atom. The number of aryl methyl sites for hydroxylation is 1. The first-order chi connectivity index (χ1) is 16.7. The maximum absolute atomic E-state index is 8.18. The van der Waals surface area contributed by atoms with E-state index >= 15 is 0 Å². The van der Waals surface area contributed by atoms with Gasteiger partial charge in [-0.05, 0) is 61.9 Å². The molecule has 0 aliphatic rings. The van der Waals surface area contributed by atoms with Crippen LogP contribution in [0.2, 0.25) is 1.41 Å². The van der Waals surface area contributed by atoms with Crippen molar-refractivity contribution < 1.29 is 21.5 Å². The molecule has 2 aromatic rings. The number of aliphatic hydroxyl groups excluding tert-OH is 2. The van der Waals surface area contributed by atoms with E-state index in [2.05, 4.69) is 34.5 Å². The van der Waals surface area contributed by atoms with Crippen molar-refractivity contribution in [1.82, 2.24) is 5.31 Å². The highest BCUT2D eigenvalue weighted by molar-refractivity contribution is 5.36. The lowest BCUT2D eigenvalue weighted by molar-refractivity contribution is 0.126. The molecule has 0 saturated carbocycles. The van der Waals surface area contributed by atoms with Gasteiger partial charge in [-0.25, -0.2) is 0 Å². The summed E-state index contributed by atoms with van der Waals surface area (Å²) in [6.45, 7) is 2.41. The number of hydrogen-bond acceptors (Lipinski definition) is 5. The first-order valence-electron chi connectivity index (χ1n) is 12.7. The Morgan fingerprint density at radius 2 is 1.80 bits per heavy atom. The lowest BCUT2D eigenvalue weighted by Gasteiger charge is -2.14. The number of aromatic hydroxyl groups is 1. The van der Waals surface area contributed by atoms with Gasteiger partial charge in [0.2, 0.25) is 2.86 Å². The molecule has 2 rings (SSSR count). The van der Waals surface area contributed by atoms with E-state index in [1.165, 1.54) is 10.9 Å². The topological polar surface area (TPSA) is 82.0 Å². The Hall–Kier alpha value is -1.92. The van der Waals surface area contributed by atoms with Crippen molar-refractivity contribution in [2.75, 3.05) is 26.3 Å². The van der Waals surface area contributed by atoms with E-state index in [0.29, 0.717) is 23.4 Å². The second-order valence-corrected chi connectivity index (χ2v) is 7.60. The molecule has 166 valence electrons. The van der Waals surface area contributed by atoms with Crippen LogP contribution in [0.1, 0.15) is 61.3 Å². The van der Waals surface area contributed by atoms with Crippen LogP contribution in [0.4, 0.5) is 0 Å². The molecule has 0 heterocycles. The zero-order valence-corrected chi connectivity index (χ0v) is 17.8. The van der Waals surface area contributed by atoms with Gasteiger partial charge in [0.1, 0.15) is 7.16 Å². The summed E-state index contributed by atoms with van der Waals surface area (Å²) in [7, 11) is 0. The molecular formula is C25H37NO4. The summed E-state index contributed by atoms with van der Waals surface area (Å²) in [5.41, 5.74) is 2.59. The molecule has 0 aliphatic heterocycles. The van der Waals surface area contributed by atoms with Crippen molar-refractivity contribution in [1.29, 1.82) is 4.29 Å². The largest absolute Gasteiger partial charge is 0.508 e. The Kier molecular flexibility index (Phi) is 9.39. The summed E-state index contributed by atoms with van der Waals surface area (Å²) in [6, 6.07) is 15.5. The predicted molar refractivity (Wildman–Crippen MR) is 121 cm³/mol. The van der Waals surface area contributed by atoms with Crippen molar-refractivity contribution in [3.8, 4) is 5.75 Å². The number of rotatable bonds is 19. The zero-order valence-electron chi connectivity index (χ0n) is 21.8. The van der Waals surface area contributed by atoms with Crippen molar-refractivity contribution in [3.63, 3.8) is 0 Å². The Balaban J connectivity index is 1.53. The third kappa shape index (κ3) is 9.72. The van der Waals surface area contributed by atoms with Crippen molar-refractivity contribution in [2.24, 2.45) is 0 Å². The molecule has 4 N–H and O–H groups in total. The van der Waals surface area contributed by atoms with E-state index in [1.54, 1.807) is 18.2 Å². The Bertz CT molecular complexity index is 785. The quantitative estimate of drug-likeness (QED) is 0.258. The molecule has 0 aliphatic carbocycles. The van der Waals surface area contributed by atoms with Gasteiger partial charge in [0.25, 0.3) is 1.43 Å². The number of ether oxygens (including phenoxy) is 1. The van der Waals surface area contributed by atoms with E-state index in [-0.39, 0.29) is 13.2 Å². The van der Waals surface area contributed by atoms with Crippen LogP contribution in [0.25, 0.3) is 0 Å². The van der Waals surface area contributed by atoms with Gasteiger partial charge in [-0.3, -0.25) is 0 Å². The molecule has 30 heavy (non-hydrogen) atoms. The number of unbranched alkanes of at least 4 members (excludes halogenated alkanes) is 4. The van der Waals surface area contributed by atoms with Gasteiger partial charge in [-0.1, -0.05) is 49.2 Å². The lowest BCUT2D eigenvalue weighted by Crippen LogP contribution is -2.22. The van der Waals surface area contributed by atoms with E-state index in [9.17, 15) is 0 Å².